The lowest BCUT2D eigenvalue weighted by atomic mass is 10.2. The molecule has 4 rings (SSSR count). The number of hydrogen-bond donors (Lipinski definition) is 2. The van der Waals surface area contributed by atoms with Gasteiger partial charge in [-0.2, -0.15) is 14.9 Å². The number of halogens is 2. The Kier molecular flexibility index (Phi) is 8.97. The van der Waals surface area contributed by atoms with Crippen molar-refractivity contribution in [2.45, 2.75) is 20.0 Å². The van der Waals surface area contributed by atoms with Gasteiger partial charge in [-0.05, 0) is 17.7 Å². The van der Waals surface area contributed by atoms with Crippen molar-refractivity contribution in [1.29, 1.82) is 0 Å². The first-order valence-corrected chi connectivity index (χ1v) is 7.95. The lowest BCUT2D eigenvalue weighted by molar-refractivity contribution is 0.0926. The Morgan fingerprint density at radius 2 is 1.90 bits per heavy atom. The molecule has 0 atom stereocenters. The van der Waals surface area contributed by atoms with Crippen LogP contribution in [0.25, 0.3) is 32.2 Å². The van der Waals surface area contributed by atoms with Crippen molar-refractivity contribution < 1.29 is 4.79 Å². The van der Waals surface area contributed by atoms with Crippen molar-refractivity contribution in [3.8, 4) is 0 Å². The number of nitrogens with two attached hydrogens (primary N) is 1. The maximum Gasteiger partial charge on any atom is 0.244 e. The number of H-pyrrole nitrogens is 1. The number of nitrogens with one attached hydrogen (secondary N) is 1. The molecule has 0 aliphatic heterocycles. The van der Waals surface area contributed by atoms with Gasteiger partial charge < -0.3 is 5.73 Å². The Balaban J connectivity index is 0.000000286. The van der Waals surface area contributed by atoms with E-state index in [1.807, 2.05) is 6.07 Å². The molecule has 4 aromatic heterocycles. The quantitative estimate of drug-likeness (QED) is 0.284. The molecule has 0 fully saturated rings. The molecule has 0 bridgehead atoms. The summed E-state index contributed by atoms with van der Waals surface area (Å²) in [7, 11) is 0. The van der Waals surface area contributed by atoms with E-state index in [1.54, 1.807) is 30.9 Å². The molecule has 152 valence electrons. The number of rotatable bonds is 3. The summed E-state index contributed by atoms with van der Waals surface area (Å²) in [5, 5.41) is 15.9. The molecular weight excluding hydrogens is 419 g/mol. The van der Waals surface area contributed by atoms with E-state index in [0.717, 1.165) is 22.0 Å². The maximum atomic E-state index is 11.2. The number of aromatic nitrogens is 6. The molecule has 11 nitrogen and oxygen atoms in total. The predicted molar refractivity (Wildman–Crippen MR) is 113 cm³/mol. The fraction of sp³-hybridized carbons (Fsp3) is 0.188. The highest BCUT2D eigenvalue weighted by molar-refractivity contribution is 5.89. The number of carbonyl (C=O) groups excluding carboxylic acids is 1. The van der Waals surface area contributed by atoms with Crippen LogP contribution in [0.3, 0.4) is 0 Å². The zero-order valence-electron chi connectivity index (χ0n) is 15.3. The van der Waals surface area contributed by atoms with E-state index in [2.05, 4.69) is 35.3 Å². The van der Waals surface area contributed by atoms with Crippen molar-refractivity contribution in [2.75, 3.05) is 0 Å². The molecule has 4 heterocycles. The topological polar surface area (TPSA) is 164 Å². The Hall–Kier alpha value is -3.24. The number of pyridine rings is 2. The van der Waals surface area contributed by atoms with Gasteiger partial charge in [0.2, 0.25) is 5.91 Å². The zero-order chi connectivity index (χ0) is 19.2. The van der Waals surface area contributed by atoms with Crippen LogP contribution in [0.4, 0.5) is 0 Å². The monoisotopic (exact) mass is 436 g/mol. The lowest BCUT2D eigenvalue weighted by Crippen LogP contribution is -2.06. The second kappa shape index (κ2) is 10.9. The van der Waals surface area contributed by atoms with Crippen LogP contribution in [0.1, 0.15) is 23.1 Å². The van der Waals surface area contributed by atoms with Crippen LogP contribution >= 0.6 is 24.8 Å². The van der Waals surface area contributed by atoms with E-state index in [1.165, 1.54) is 11.6 Å². The van der Waals surface area contributed by atoms with Crippen molar-refractivity contribution >= 4 is 52.5 Å². The van der Waals surface area contributed by atoms with Gasteiger partial charge in [0, 0.05) is 34.8 Å². The van der Waals surface area contributed by atoms with Crippen LogP contribution in [-0.4, -0.2) is 35.9 Å². The molecule has 4 aromatic rings. The first kappa shape index (κ1) is 23.8. The average Bonchev–Trinajstić information content (AvgIpc) is 3.32. The van der Waals surface area contributed by atoms with E-state index in [-0.39, 0.29) is 37.3 Å². The minimum atomic E-state index is -0.167. The van der Waals surface area contributed by atoms with Crippen molar-refractivity contribution in [3.05, 3.63) is 58.8 Å². The zero-order valence-corrected chi connectivity index (χ0v) is 16.9. The SMILES string of the molecule is CC(=O)n1ncc2cc(CN=[N+]=[N-])ncc21.Cl.Cl.NCc1cc2cn[nH]c2cn1. The summed E-state index contributed by atoms with van der Waals surface area (Å²) >= 11 is 0. The second-order valence-electron chi connectivity index (χ2n) is 5.54. The van der Waals surface area contributed by atoms with Crippen molar-refractivity contribution in [3.63, 3.8) is 0 Å². The summed E-state index contributed by atoms with van der Waals surface area (Å²) in [5.41, 5.74) is 16.7. The fourth-order valence-electron chi connectivity index (χ4n) is 2.41. The van der Waals surface area contributed by atoms with E-state index < -0.39 is 0 Å². The van der Waals surface area contributed by atoms with Crippen LogP contribution in [0.5, 0.6) is 0 Å². The van der Waals surface area contributed by atoms with E-state index in [0.29, 0.717) is 17.8 Å². The molecule has 0 amide bonds. The van der Waals surface area contributed by atoms with Crippen LogP contribution in [0.15, 0.2) is 42.0 Å². The second-order valence-corrected chi connectivity index (χ2v) is 5.54. The summed E-state index contributed by atoms with van der Waals surface area (Å²) < 4.78 is 1.28. The molecular formula is C16H18Cl2N10O. The molecule has 0 aliphatic rings. The molecule has 0 aromatic carbocycles. The van der Waals surface area contributed by atoms with Crippen LogP contribution in [0.2, 0.25) is 0 Å². The molecule has 29 heavy (non-hydrogen) atoms. The minimum absolute atomic E-state index is 0. The number of nitrogens with zero attached hydrogens (tertiary/aromatic N) is 8. The van der Waals surface area contributed by atoms with Crippen LogP contribution in [-0.2, 0) is 13.1 Å². The third kappa shape index (κ3) is 5.62. The van der Waals surface area contributed by atoms with Crippen molar-refractivity contribution in [2.24, 2.45) is 10.8 Å². The number of aromatic amines is 1. The van der Waals surface area contributed by atoms with Gasteiger partial charge in [0.05, 0.1) is 48.1 Å². The molecule has 0 spiro atoms. The Labute approximate surface area is 177 Å². The highest BCUT2D eigenvalue weighted by Crippen LogP contribution is 2.14. The first-order chi connectivity index (χ1) is 13.1. The van der Waals surface area contributed by atoms with E-state index in [9.17, 15) is 4.79 Å². The smallest absolute Gasteiger partial charge is 0.244 e. The summed E-state index contributed by atoms with van der Waals surface area (Å²) in [6, 6.07) is 3.68. The first-order valence-electron chi connectivity index (χ1n) is 7.95. The van der Waals surface area contributed by atoms with Crippen LogP contribution in [0, 0.1) is 0 Å². The molecule has 0 saturated heterocycles. The molecule has 0 aliphatic carbocycles. The predicted octanol–water partition coefficient (Wildman–Crippen LogP) is 3.16. The third-order valence-electron chi connectivity index (χ3n) is 3.70. The molecule has 0 radical (unpaired) electrons. The Morgan fingerprint density at radius 1 is 1.17 bits per heavy atom. The average molecular weight is 437 g/mol. The minimum Gasteiger partial charge on any atom is -0.325 e. The maximum absolute atomic E-state index is 11.2. The van der Waals surface area contributed by atoms with Gasteiger partial charge in [-0.1, -0.05) is 5.11 Å². The molecule has 0 unspecified atom stereocenters. The Morgan fingerprint density at radius 3 is 2.59 bits per heavy atom. The number of carbonyl (C=O) groups is 1. The van der Waals surface area contributed by atoms with Gasteiger partial charge in [-0.15, -0.1) is 24.8 Å². The van der Waals surface area contributed by atoms with Crippen molar-refractivity contribution in [1.82, 2.24) is 29.9 Å². The van der Waals surface area contributed by atoms with E-state index >= 15 is 0 Å². The van der Waals surface area contributed by atoms with E-state index in [4.69, 9.17) is 11.3 Å². The number of azide groups is 1. The standard InChI is InChI=1S/C9H8N6O.C7H8N4.2ClH/c1-6(16)15-9-5-11-8(4-12-14-10)2-7(9)3-13-15;8-2-6-1-5-3-10-11-7(5)4-9-6;;/h2-3,5H,4H2,1H3;1,3-4H,2,8H2,(H,10,11);2*1H. The summed E-state index contributed by atoms with van der Waals surface area (Å²) in [6.07, 6.45) is 6.63. The van der Waals surface area contributed by atoms with Gasteiger partial charge in [0.1, 0.15) is 0 Å². The molecule has 3 N–H and O–H groups in total. The lowest BCUT2D eigenvalue weighted by Gasteiger charge is -1.98. The highest BCUT2D eigenvalue weighted by Gasteiger charge is 2.07. The Bertz CT molecular complexity index is 1150. The highest BCUT2D eigenvalue weighted by atomic mass is 35.5. The third-order valence-corrected chi connectivity index (χ3v) is 3.70. The van der Waals surface area contributed by atoms with Gasteiger partial charge in [0.25, 0.3) is 0 Å². The number of fused-ring (bicyclic) bond motifs is 2. The number of hydrogen-bond acceptors (Lipinski definition) is 7. The van der Waals surface area contributed by atoms with Gasteiger partial charge in [0.15, 0.2) is 0 Å². The largest absolute Gasteiger partial charge is 0.325 e. The fourth-order valence-corrected chi connectivity index (χ4v) is 2.41. The van der Waals surface area contributed by atoms with Crippen LogP contribution < -0.4 is 5.73 Å². The summed E-state index contributed by atoms with van der Waals surface area (Å²) in [4.78, 5) is 22.0. The summed E-state index contributed by atoms with van der Waals surface area (Å²) in [6.45, 7) is 2.10. The van der Waals surface area contributed by atoms with Gasteiger partial charge in [-0.25, -0.2) is 0 Å². The summed E-state index contributed by atoms with van der Waals surface area (Å²) in [5.74, 6) is -0.167. The molecule has 0 saturated carbocycles. The van der Waals surface area contributed by atoms with Gasteiger partial charge >= 0.3 is 0 Å². The van der Waals surface area contributed by atoms with Gasteiger partial charge in [-0.3, -0.25) is 19.9 Å². The normalized spacial score (nSPS) is 9.59. The molecule has 13 heteroatoms.